The van der Waals surface area contributed by atoms with Crippen LogP contribution in [-0.4, -0.2) is 22.0 Å². The number of halogens is 3. The van der Waals surface area contributed by atoms with E-state index in [0.29, 0.717) is 0 Å². The summed E-state index contributed by atoms with van der Waals surface area (Å²) in [5.74, 6) is -3.18. The number of carbonyl (C=O) groups excluding carboxylic acids is 1. The molecule has 0 saturated heterocycles. The fraction of sp³-hybridized carbons (Fsp3) is 0. The third-order valence-electron chi connectivity index (χ3n) is 2.54. The number of amides is 1. The Balaban J connectivity index is 2.39. The van der Waals surface area contributed by atoms with Gasteiger partial charge in [-0.25, -0.2) is 14.2 Å². The molecule has 0 bridgehead atoms. The summed E-state index contributed by atoms with van der Waals surface area (Å²) in [6.45, 7) is 0. The number of nitrogens with one attached hydrogen (secondary N) is 1. The summed E-state index contributed by atoms with van der Waals surface area (Å²) in [7, 11) is 0. The fourth-order valence-electron chi connectivity index (χ4n) is 1.62. The first-order chi connectivity index (χ1) is 9.90. The second-order valence-corrected chi connectivity index (χ2v) is 4.70. The van der Waals surface area contributed by atoms with Gasteiger partial charge in [-0.2, -0.15) is 0 Å². The Morgan fingerprint density at radius 2 is 2.00 bits per heavy atom. The van der Waals surface area contributed by atoms with Crippen LogP contribution in [0.3, 0.4) is 0 Å². The zero-order valence-electron chi connectivity index (χ0n) is 10.2. The summed E-state index contributed by atoms with van der Waals surface area (Å²) in [6, 6.07) is 4.74. The molecule has 0 unspecified atom stereocenters. The first-order valence-corrected chi connectivity index (χ1v) is 6.30. The number of carboxylic acid groups (broad SMARTS) is 1. The SMILES string of the molecule is O=C(Nc1cccc(F)c1C(=O)O)c1cc(Cl)ncc1Cl. The Bertz CT molecular complexity index is 737. The van der Waals surface area contributed by atoms with E-state index < -0.39 is 23.3 Å². The molecule has 1 amide bonds. The van der Waals surface area contributed by atoms with Crippen LogP contribution in [-0.2, 0) is 0 Å². The van der Waals surface area contributed by atoms with Gasteiger partial charge >= 0.3 is 5.97 Å². The monoisotopic (exact) mass is 328 g/mol. The largest absolute Gasteiger partial charge is 0.478 e. The van der Waals surface area contributed by atoms with Crippen LogP contribution in [0.15, 0.2) is 30.5 Å². The maximum Gasteiger partial charge on any atom is 0.340 e. The predicted molar refractivity (Wildman–Crippen MR) is 75.6 cm³/mol. The second-order valence-electron chi connectivity index (χ2n) is 3.91. The Hall–Kier alpha value is -2.18. The van der Waals surface area contributed by atoms with E-state index in [9.17, 15) is 14.0 Å². The Labute approximate surface area is 128 Å². The predicted octanol–water partition coefficient (Wildman–Crippen LogP) is 3.48. The molecule has 1 aromatic carbocycles. The molecule has 0 spiro atoms. The number of hydrogen-bond acceptors (Lipinski definition) is 3. The van der Waals surface area contributed by atoms with E-state index in [4.69, 9.17) is 28.3 Å². The van der Waals surface area contributed by atoms with E-state index in [0.717, 1.165) is 6.07 Å². The van der Waals surface area contributed by atoms with Crippen molar-refractivity contribution in [1.29, 1.82) is 0 Å². The maximum atomic E-state index is 13.5. The molecular formula is C13H7Cl2FN2O3. The summed E-state index contributed by atoms with van der Waals surface area (Å²) in [6.07, 6.45) is 1.18. The van der Waals surface area contributed by atoms with Gasteiger partial charge in [0.25, 0.3) is 5.91 Å². The van der Waals surface area contributed by atoms with Gasteiger partial charge in [0.2, 0.25) is 0 Å². The van der Waals surface area contributed by atoms with Crippen LogP contribution in [0.25, 0.3) is 0 Å². The van der Waals surface area contributed by atoms with Crippen LogP contribution in [0.1, 0.15) is 20.7 Å². The van der Waals surface area contributed by atoms with Crippen molar-refractivity contribution >= 4 is 40.8 Å². The molecule has 2 N–H and O–H groups in total. The van der Waals surface area contributed by atoms with Crippen LogP contribution in [0.5, 0.6) is 0 Å². The quantitative estimate of drug-likeness (QED) is 0.845. The lowest BCUT2D eigenvalue weighted by molar-refractivity contribution is 0.0693. The number of aromatic carboxylic acids is 1. The molecule has 2 aromatic rings. The maximum absolute atomic E-state index is 13.5. The minimum absolute atomic E-state index is 0.00253. The highest BCUT2D eigenvalue weighted by molar-refractivity contribution is 6.35. The number of nitrogens with zero attached hydrogens (tertiary/aromatic N) is 1. The Kier molecular flexibility index (Phi) is 4.40. The van der Waals surface area contributed by atoms with E-state index in [-0.39, 0.29) is 21.4 Å². The fourth-order valence-corrected chi connectivity index (χ4v) is 1.97. The number of anilines is 1. The zero-order chi connectivity index (χ0) is 15.6. The van der Waals surface area contributed by atoms with Crippen molar-refractivity contribution in [3.63, 3.8) is 0 Å². The number of hydrogen-bond donors (Lipinski definition) is 2. The topological polar surface area (TPSA) is 79.3 Å². The highest BCUT2D eigenvalue weighted by Gasteiger charge is 2.19. The van der Waals surface area contributed by atoms with Crippen LogP contribution < -0.4 is 5.32 Å². The minimum atomic E-state index is -1.50. The van der Waals surface area contributed by atoms with Crippen LogP contribution in [0, 0.1) is 5.82 Å². The number of carbonyl (C=O) groups is 2. The van der Waals surface area contributed by atoms with Crippen LogP contribution >= 0.6 is 23.2 Å². The van der Waals surface area contributed by atoms with Crippen molar-refractivity contribution in [1.82, 2.24) is 4.98 Å². The summed E-state index contributed by atoms with van der Waals surface area (Å²) in [4.78, 5) is 26.8. The molecule has 21 heavy (non-hydrogen) atoms. The summed E-state index contributed by atoms with van der Waals surface area (Å²) >= 11 is 11.5. The Morgan fingerprint density at radius 3 is 2.67 bits per heavy atom. The minimum Gasteiger partial charge on any atom is -0.478 e. The average molecular weight is 329 g/mol. The standard InChI is InChI=1S/C13H7Cl2FN2O3/c14-7-5-17-10(15)4-6(7)12(19)18-9-3-1-2-8(16)11(9)13(20)21/h1-5H,(H,18,19)(H,20,21). The van der Waals surface area contributed by atoms with Crippen molar-refractivity contribution in [3.05, 3.63) is 57.6 Å². The molecule has 0 atom stereocenters. The number of benzene rings is 1. The molecule has 108 valence electrons. The highest BCUT2D eigenvalue weighted by atomic mass is 35.5. The van der Waals surface area contributed by atoms with E-state index in [1.807, 2.05) is 0 Å². The lowest BCUT2D eigenvalue weighted by Gasteiger charge is -2.10. The van der Waals surface area contributed by atoms with Crippen molar-refractivity contribution in [3.8, 4) is 0 Å². The normalized spacial score (nSPS) is 10.2. The van der Waals surface area contributed by atoms with Gasteiger partial charge in [-0.1, -0.05) is 29.3 Å². The van der Waals surface area contributed by atoms with Crippen LogP contribution in [0.2, 0.25) is 10.2 Å². The van der Waals surface area contributed by atoms with Gasteiger partial charge < -0.3 is 10.4 Å². The first kappa shape index (κ1) is 15.2. The van der Waals surface area contributed by atoms with Gasteiger partial charge in [0.1, 0.15) is 16.5 Å². The third kappa shape index (κ3) is 3.29. The molecule has 8 heteroatoms. The molecule has 1 aromatic heterocycles. The summed E-state index contributed by atoms with van der Waals surface area (Å²) in [5, 5.41) is 11.3. The van der Waals surface area contributed by atoms with E-state index in [2.05, 4.69) is 10.3 Å². The molecule has 0 radical (unpaired) electrons. The zero-order valence-corrected chi connectivity index (χ0v) is 11.7. The number of rotatable bonds is 3. The van der Waals surface area contributed by atoms with Gasteiger partial charge in [0, 0.05) is 6.20 Å². The molecule has 0 aliphatic carbocycles. The molecular weight excluding hydrogens is 322 g/mol. The average Bonchev–Trinajstić information content (AvgIpc) is 2.41. The van der Waals surface area contributed by atoms with Crippen LogP contribution in [0.4, 0.5) is 10.1 Å². The number of pyridine rings is 1. The number of carboxylic acids is 1. The van der Waals surface area contributed by atoms with E-state index in [1.54, 1.807) is 0 Å². The molecule has 2 rings (SSSR count). The van der Waals surface area contributed by atoms with Gasteiger partial charge in [-0.15, -0.1) is 0 Å². The van der Waals surface area contributed by atoms with Gasteiger partial charge in [-0.3, -0.25) is 4.79 Å². The summed E-state index contributed by atoms with van der Waals surface area (Å²) < 4.78 is 13.5. The lowest BCUT2D eigenvalue weighted by Crippen LogP contribution is -2.16. The third-order valence-corrected chi connectivity index (χ3v) is 3.05. The van der Waals surface area contributed by atoms with Gasteiger partial charge in [-0.05, 0) is 18.2 Å². The molecule has 0 aliphatic rings. The van der Waals surface area contributed by atoms with Gasteiger partial charge in [0.05, 0.1) is 16.3 Å². The molecule has 0 fully saturated rings. The van der Waals surface area contributed by atoms with Gasteiger partial charge in [0.15, 0.2) is 0 Å². The number of aromatic nitrogens is 1. The van der Waals surface area contributed by atoms with E-state index in [1.165, 1.54) is 24.4 Å². The Morgan fingerprint density at radius 1 is 1.29 bits per heavy atom. The highest BCUT2D eigenvalue weighted by Crippen LogP contribution is 2.23. The van der Waals surface area contributed by atoms with Crippen molar-refractivity contribution < 1.29 is 19.1 Å². The molecule has 1 heterocycles. The van der Waals surface area contributed by atoms with Crippen molar-refractivity contribution in [2.45, 2.75) is 0 Å². The van der Waals surface area contributed by atoms with Crippen molar-refractivity contribution in [2.24, 2.45) is 0 Å². The lowest BCUT2D eigenvalue weighted by atomic mass is 10.1. The molecule has 0 aliphatic heterocycles. The molecule has 0 saturated carbocycles. The first-order valence-electron chi connectivity index (χ1n) is 5.54. The van der Waals surface area contributed by atoms with Crippen molar-refractivity contribution in [2.75, 3.05) is 5.32 Å². The second kappa shape index (κ2) is 6.07. The smallest absolute Gasteiger partial charge is 0.340 e. The molecule has 5 nitrogen and oxygen atoms in total. The van der Waals surface area contributed by atoms with E-state index >= 15 is 0 Å². The summed E-state index contributed by atoms with van der Waals surface area (Å²) in [5.41, 5.74) is -0.823.